The van der Waals surface area contributed by atoms with Crippen molar-refractivity contribution in [2.45, 2.75) is 39.0 Å². The second kappa shape index (κ2) is 6.24. The largest absolute Gasteiger partial charge is 0.466 e. The van der Waals surface area contributed by atoms with E-state index in [0.29, 0.717) is 11.8 Å². The Morgan fingerprint density at radius 3 is 2.74 bits per heavy atom. The number of furan rings is 1. The van der Waals surface area contributed by atoms with E-state index < -0.39 is 0 Å². The normalized spacial score (nSPS) is 16.3. The van der Waals surface area contributed by atoms with E-state index in [4.69, 9.17) is 4.42 Å². The monoisotopic (exact) mass is 264 g/mol. The Morgan fingerprint density at radius 2 is 2.16 bits per heavy atom. The lowest BCUT2D eigenvalue weighted by Gasteiger charge is -2.15. The van der Waals surface area contributed by atoms with Crippen LogP contribution < -0.4 is 10.6 Å². The zero-order chi connectivity index (χ0) is 13.7. The van der Waals surface area contributed by atoms with Gasteiger partial charge in [-0.3, -0.25) is 4.79 Å². The molecule has 1 heterocycles. The summed E-state index contributed by atoms with van der Waals surface area (Å²) in [5.41, 5.74) is 0.336. The van der Waals surface area contributed by atoms with Crippen LogP contribution in [0.1, 0.15) is 37.2 Å². The summed E-state index contributed by atoms with van der Waals surface area (Å²) in [7, 11) is 1.97. The van der Waals surface area contributed by atoms with Crippen LogP contribution >= 0.6 is 0 Å². The average Bonchev–Trinajstić information content (AvgIpc) is 3.02. The number of aryl methyl sites for hydroxylation is 2. The van der Waals surface area contributed by atoms with Crippen LogP contribution in [0.25, 0.3) is 0 Å². The van der Waals surface area contributed by atoms with Gasteiger partial charge in [0.05, 0.1) is 0 Å². The molecule has 4 nitrogen and oxygen atoms in total. The average molecular weight is 264 g/mol. The highest BCUT2D eigenvalue weighted by Crippen LogP contribution is 2.44. The third kappa shape index (κ3) is 4.39. The number of hydrogen-bond acceptors (Lipinski definition) is 3. The van der Waals surface area contributed by atoms with Crippen molar-refractivity contribution in [3.05, 3.63) is 23.7 Å². The van der Waals surface area contributed by atoms with E-state index in [1.807, 2.05) is 26.1 Å². The quantitative estimate of drug-likeness (QED) is 0.755. The second-order valence-electron chi connectivity index (χ2n) is 5.67. The van der Waals surface area contributed by atoms with E-state index in [2.05, 4.69) is 10.6 Å². The minimum Gasteiger partial charge on any atom is -0.466 e. The maximum atomic E-state index is 11.8. The predicted octanol–water partition coefficient (Wildman–Crippen LogP) is 2.03. The molecule has 1 aliphatic carbocycles. The highest BCUT2D eigenvalue weighted by molar-refractivity contribution is 5.75. The molecule has 1 amide bonds. The molecule has 0 radical (unpaired) electrons. The van der Waals surface area contributed by atoms with Gasteiger partial charge in [-0.25, -0.2) is 0 Å². The van der Waals surface area contributed by atoms with Gasteiger partial charge in [0.2, 0.25) is 5.91 Å². The molecule has 0 aliphatic heterocycles. The summed E-state index contributed by atoms with van der Waals surface area (Å²) >= 11 is 0. The first-order valence-electron chi connectivity index (χ1n) is 7.10. The summed E-state index contributed by atoms with van der Waals surface area (Å²) in [6.07, 6.45) is 4.70. The summed E-state index contributed by atoms with van der Waals surface area (Å²) in [4.78, 5) is 11.8. The fourth-order valence-corrected chi connectivity index (χ4v) is 2.38. The van der Waals surface area contributed by atoms with E-state index in [1.54, 1.807) is 0 Å². The van der Waals surface area contributed by atoms with Gasteiger partial charge >= 0.3 is 0 Å². The Labute approximate surface area is 114 Å². The van der Waals surface area contributed by atoms with Crippen molar-refractivity contribution in [3.8, 4) is 0 Å². The molecule has 0 saturated heterocycles. The molecule has 4 heteroatoms. The Balaban J connectivity index is 1.60. The zero-order valence-corrected chi connectivity index (χ0v) is 11.9. The minimum atomic E-state index is 0.158. The first-order chi connectivity index (χ1) is 9.13. The highest BCUT2D eigenvalue weighted by Gasteiger charge is 2.41. The van der Waals surface area contributed by atoms with Gasteiger partial charge in [-0.05, 0) is 45.4 Å². The van der Waals surface area contributed by atoms with E-state index in [1.165, 1.54) is 12.8 Å². The molecule has 1 aromatic rings. The van der Waals surface area contributed by atoms with Gasteiger partial charge in [-0.1, -0.05) is 0 Å². The van der Waals surface area contributed by atoms with Gasteiger partial charge in [-0.2, -0.15) is 0 Å². The minimum absolute atomic E-state index is 0.158. The molecule has 1 saturated carbocycles. The van der Waals surface area contributed by atoms with Crippen molar-refractivity contribution >= 4 is 5.91 Å². The second-order valence-corrected chi connectivity index (χ2v) is 5.67. The summed E-state index contributed by atoms with van der Waals surface area (Å²) < 4.78 is 5.48. The summed E-state index contributed by atoms with van der Waals surface area (Å²) in [5, 5.41) is 6.25. The summed E-state index contributed by atoms with van der Waals surface area (Å²) in [6, 6.07) is 3.95. The molecule has 2 N–H and O–H groups in total. The third-order valence-corrected chi connectivity index (χ3v) is 3.79. The first-order valence-corrected chi connectivity index (χ1v) is 7.10. The van der Waals surface area contributed by atoms with Crippen LogP contribution in [0.2, 0.25) is 0 Å². The smallest absolute Gasteiger partial charge is 0.220 e. The molecule has 19 heavy (non-hydrogen) atoms. The van der Waals surface area contributed by atoms with Crippen molar-refractivity contribution in [2.75, 3.05) is 20.1 Å². The molecule has 2 rings (SSSR count). The maximum absolute atomic E-state index is 11.8. The number of carbonyl (C=O) groups excluding carboxylic acids is 1. The Hall–Kier alpha value is -1.29. The van der Waals surface area contributed by atoms with Crippen LogP contribution in [-0.4, -0.2) is 26.0 Å². The SMILES string of the molecule is CNCC1(CNC(=O)CCCc2ccc(C)o2)CC1. The molecular weight excluding hydrogens is 240 g/mol. The molecule has 0 atom stereocenters. The van der Waals surface area contributed by atoms with Crippen LogP contribution in [-0.2, 0) is 11.2 Å². The summed E-state index contributed by atoms with van der Waals surface area (Å²) in [5.74, 6) is 2.06. The van der Waals surface area contributed by atoms with Crippen LogP contribution in [0, 0.1) is 12.3 Å². The molecular formula is C15H24N2O2. The lowest BCUT2D eigenvalue weighted by Crippen LogP contribution is -2.34. The fourth-order valence-electron chi connectivity index (χ4n) is 2.38. The predicted molar refractivity (Wildman–Crippen MR) is 75.0 cm³/mol. The Bertz CT molecular complexity index is 422. The standard InChI is InChI=1S/C15H24N2O2/c1-12-6-7-13(19-12)4-3-5-14(18)17-11-15(8-9-15)10-16-2/h6-7,16H,3-5,8-11H2,1-2H3,(H,17,18). The number of nitrogens with one attached hydrogen (secondary N) is 2. The Morgan fingerprint density at radius 1 is 1.37 bits per heavy atom. The van der Waals surface area contributed by atoms with Crippen LogP contribution in [0.15, 0.2) is 16.5 Å². The van der Waals surface area contributed by atoms with Crippen LogP contribution in [0.4, 0.5) is 0 Å². The molecule has 1 aromatic heterocycles. The molecule has 0 aromatic carbocycles. The van der Waals surface area contributed by atoms with Gasteiger partial charge in [-0.15, -0.1) is 0 Å². The molecule has 0 spiro atoms. The zero-order valence-electron chi connectivity index (χ0n) is 11.9. The Kier molecular flexibility index (Phi) is 4.64. The van der Waals surface area contributed by atoms with E-state index in [-0.39, 0.29) is 5.91 Å². The maximum Gasteiger partial charge on any atom is 0.220 e. The third-order valence-electron chi connectivity index (χ3n) is 3.79. The molecule has 1 fully saturated rings. The van der Waals surface area contributed by atoms with Crippen molar-refractivity contribution in [2.24, 2.45) is 5.41 Å². The lowest BCUT2D eigenvalue weighted by atomic mass is 10.1. The van der Waals surface area contributed by atoms with Crippen molar-refractivity contribution in [1.82, 2.24) is 10.6 Å². The first kappa shape index (κ1) is 14.1. The molecule has 106 valence electrons. The number of hydrogen-bond donors (Lipinski definition) is 2. The van der Waals surface area contributed by atoms with Crippen LogP contribution in [0.5, 0.6) is 0 Å². The summed E-state index contributed by atoms with van der Waals surface area (Å²) in [6.45, 7) is 3.75. The fraction of sp³-hybridized carbons (Fsp3) is 0.667. The van der Waals surface area contributed by atoms with Gasteiger partial charge in [0, 0.05) is 31.3 Å². The van der Waals surface area contributed by atoms with E-state index in [9.17, 15) is 4.79 Å². The van der Waals surface area contributed by atoms with E-state index in [0.717, 1.165) is 37.5 Å². The van der Waals surface area contributed by atoms with Crippen molar-refractivity contribution < 1.29 is 9.21 Å². The number of amides is 1. The molecule has 0 bridgehead atoms. The van der Waals surface area contributed by atoms with Gasteiger partial charge < -0.3 is 15.1 Å². The van der Waals surface area contributed by atoms with Crippen LogP contribution in [0.3, 0.4) is 0 Å². The van der Waals surface area contributed by atoms with Gasteiger partial charge in [0.15, 0.2) is 0 Å². The van der Waals surface area contributed by atoms with Gasteiger partial charge in [0.1, 0.15) is 11.5 Å². The van der Waals surface area contributed by atoms with Crippen molar-refractivity contribution in [3.63, 3.8) is 0 Å². The van der Waals surface area contributed by atoms with Crippen molar-refractivity contribution in [1.29, 1.82) is 0 Å². The molecule has 1 aliphatic rings. The molecule has 0 unspecified atom stereocenters. The van der Waals surface area contributed by atoms with Gasteiger partial charge in [0.25, 0.3) is 0 Å². The number of rotatable bonds is 8. The lowest BCUT2D eigenvalue weighted by molar-refractivity contribution is -0.121. The van der Waals surface area contributed by atoms with E-state index >= 15 is 0 Å². The topological polar surface area (TPSA) is 54.3 Å². The highest BCUT2D eigenvalue weighted by atomic mass is 16.3. The number of carbonyl (C=O) groups is 1.